The highest BCUT2D eigenvalue weighted by atomic mass is 35.5. The van der Waals surface area contributed by atoms with Crippen molar-refractivity contribution >= 4 is 24.0 Å². The van der Waals surface area contributed by atoms with E-state index in [9.17, 15) is 4.79 Å². The predicted octanol–water partition coefficient (Wildman–Crippen LogP) is 2.95. The average Bonchev–Trinajstić information content (AvgIpc) is 3.01. The largest absolute Gasteiger partial charge is 0.326 e. The Hall–Kier alpha value is -1.98. The summed E-state index contributed by atoms with van der Waals surface area (Å²) in [6, 6.07) is 9.83. The smallest absolute Gasteiger partial charge is 0.225 e. The van der Waals surface area contributed by atoms with Crippen molar-refractivity contribution in [1.29, 1.82) is 0 Å². The molecule has 1 fully saturated rings. The number of hydrogen-bond acceptors (Lipinski definition) is 4. The summed E-state index contributed by atoms with van der Waals surface area (Å²) >= 11 is 0. The SMILES string of the molecule is Cc1ccnc(-c2ccc(NC(=O)CC3CCCN3)cc2)n1.Cl. The first kappa shape index (κ1) is 17.4. The third-order valence-corrected chi connectivity index (χ3v) is 3.82. The van der Waals surface area contributed by atoms with Gasteiger partial charge in [0.25, 0.3) is 0 Å². The van der Waals surface area contributed by atoms with Gasteiger partial charge in [0, 0.05) is 35.6 Å². The lowest BCUT2D eigenvalue weighted by Gasteiger charge is -2.10. The number of nitrogens with one attached hydrogen (secondary N) is 2. The van der Waals surface area contributed by atoms with E-state index in [1.807, 2.05) is 37.3 Å². The van der Waals surface area contributed by atoms with E-state index in [0.29, 0.717) is 18.3 Å². The fourth-order valence-electron chi connectivity index (χ4n) is 2.66. The van der Waals surface area contributed by atoms with E-state index >= 15 is 0 Å². The van der Waals surface area contributed by atoms with Crippen molar-refractivity contribution in [3.8, 4) is 11.4 Å². The molecule has 1 aliphatic heterocycles. The zero-order valence-corrected chi connectivity index (χ0v) is 13.9. The number of carbonyl (C=O) groups excluding carboxylic acids is 1. The summed E-state index contributed by atoms with van der Waals surface area (Å²) < 4.78 is 0. The molecule has 1 atom stereocenters. The summed E-state index contributed by atoms with van der Waals surface area (Å²) in [5.41, 5.74) is 2.69. The number of benzene rings is 1. The van der Waals surface area contributed by atoms with Gasteiger partial charge in [-0.05, 0) is 56.6 Å². The minimum atomic E-state index is 0. The highest BCUT2D eigenvalue weighted by molar-refractivity contribution is 5.91. The first-order chi connectivity index (χ1) is 10.7. The zero-order chi connectivity index (χ0) is 15.4. The van der Waals surface area contributed by atoms with Crippen LogP contribution in [0.3, 0.4) is 0 Å². The van der Waals surface area contributed by atoms with E-state index in [-0.39, 0.29) is 18.3 Å². The van der Waals surface area contributed by atoms with E-state index in [0.717, 1.165) is 36.3 Å². The van der Waals surface area contributed by atoms with E-state index in [2.05, 4.69) is 20.6 Å². The third kappa shape index (κ3) is 4.74. The van der Waals surface area contributed by atoms with Crippen molar-refractivity contribution in [3.05, 3.63) is 42.2 Å². The van der Waals surface area contributed by atoms with Gasteiger partial charge in [-0.25, -0.2) is 9.97 Å². The fourth-order valence-corrected chi connectivity index (χ4v) is 2.66. The van der Waals surface area contributed by atoms with Crippen LogP contribution in [-0.4, -0.2) is 28.5 Å². The highest BCUT2D eigenvalue weighted by Gasteiger charge is 2.17. The number of nitrogens with zero attached hydrogens (tertiary/aromatic N) is 2. The molecule has 0 saturated carbocycles. The lowest BCUT2D eigenvalue weighted by atomic mass is 10.1. The minimum absolute atomic E-state index is 0. The van der Waals surface area contributed by atoms with Gasteiger partial charge in [-0.15, -0.1) is 12.4 Å². The van der Waals surface area contributed by atoms with Gasteiger partial charge >= 0.3 is 0 Å². The van der Waals surface area contributed by atoms with Gasteiger partial charge in [0.2, 0.25) is 5.91 Å². The van der Waals surface area contributed by atoms with Gasteiger partial charge in [0.1, 0.15) is 0 Å². The van der Waals surface area contributed by atoms with Gasteiger partial charge in [-0.3, -0.25) is 4.79 Å². The second-order valence-corrected chi connectivity index (χ2v) is 5.64. The van der Waals surface area contributed by atoms with E-state index < -0.39 is 0 Å². The summed E-state index contributed by atoms with van der Waals surface area (Å²) in [6.45, 7) is 2.96. The van der Waals surface area contributed by atoms with E-state index in [1.54, 1.807) is 6.20 Å². The number of anilines is 1. The number of aromatic nitrogens is 2. The normalized spacial score (nSPS) is 16.7. The Morgan fingerprint density at radius 2 is 2.09 bits per heavy atom. The molecule has 2 heterocycles. The highest BCUT2D eigenvalue weighted by Crippen LogP contribution is 2.18. The van der Waals surface area contributed by atoms with Crippen LogP contribution in [0.4, 0.5) is 5.69 Å². The molecule has 0 aliphatic carbocycles. The number of aryl methyl sites for hydroxylation is 1. The first-order valence-corrected chi connectivity index (χ1v) is 7.64. The molecule has 2 aromatic rings. The molecule has 1 unspecified atom stereocenters. The molecular weight excluding hydrogens is 312 g/mol. The minimum Gasteiger partial charge on any atom is -0.326 e. The molecule has 23 heavy (non-hydrogen) atoms. The lowest BCUT2D eigenvalue weighted by Crippen LogP contribution is -2.27. The Labute approximate surface area is 142 Å². The molecule has 1 aliphatic rings. The first-order valence-electron chi connectivity index (χ1n) is 7.64. The molecular formula is C17H21ClN4O. The molecule has 5 nitrogen and oxygen atoms in total. The predicted molar refractivity (Wildman–Crippen MR) is 93.7 cm³/mol. The standard InChI is InChI=1S/C17H20N4O.ClH/c1-12-8-10-19-17(20-12)13-4-6-14(7-5-13)21-16(22)11-15-3-2-9-18-15;/h4-8,10,15,18H,2-3,9,11H2,1H3,(H,21,22);1H. The van der Waals surface area contributed by atoms with Crippen LogP contribution in [-0.2, 0) is 4.79 Å². The molecule has 1 amide bonds. The van der Waals surface area contributed by atoms with Crippen LogP contribution in [0.1, 0.15) is 25.0 Å². The number of hydrogen-bond donors (Lipinski definition) is 2. The molecule has 6 heteroatoms. The van der Waals surface area contributed by atoms with Crippen LogP contribution in [0.25, 0.3) is 11.4 Å². The van der Waals surface area contributed by atoms with Crippen LogP contribution < -0.4 is 10.6 Å². The zero-order valence-electron chi connectivity index (χ0n) is 13.1. The van der Waals surface area contributed by atoms with Crippen molar-refractivity contribution < 1.29 is 4.79 Å². The lowest BCUT2D eigenvalue weighted by molar-refractivity contribution is -0.116. The molecule has 0 bridgehead atoms. The summed E-state index contributed by atoms with van der Waals surface area (Å²) in [5.74, 6) is 0.756. The number of amides is 1. The molecule has 1 saturated heterocycles. The van der Waals surface area contributed by atoms with Crippen molar-refractivity contribution in [2.24, 2.45) is 0 Å². The molecule has 1 aromatic carbocycles. The Morgan fingerprint density at radius 3 is 2.74 bits per heavy atom. The summed E-state index contributed by atoms with van der Waals surface area (Å²) in [7, 11) is 0. The second kappa shape index (κ2) is 8.04. The monoisotopic (exact) mass is 332 g/mol. The number of carbonyl (C=O) groups is 1. The van der Waals surface area contributed by atoms with E-state index in [4.69, 9.17) is 0 Å². The topological polar surface area (TPSA) is 66.9 Å². The van der Waals surface area contributed by atoms with Crippen molar-refractivity contribution in [2.75, 3.05) is 11.9 Å². The van der Waals surface area contributed by atoms with Gasteiger partial charge in [0.15, 0.2) is 5.82 Å². The molecule has 122 valence electrons. The molecule has 0 spiro atoms. The Kier molecular flexibility index (Phi) is 6.07. The van der Waals surface area contributed by atoms with Gasteiger partial charge < -0.3 is 10.6 Å². The quantitative estimate of drug-likeness (QED) is 0.903. The second-order valence-electron chi connectivity index (χ2n) is 5.64. The van der Waals surface area contributed by atoms with Crippen LogP contribution >= 0.6 is 12.4 Å². The van der Waals surface area contributed by atoms with Crippen LogP contribution in [0, 0.1) is 6.92 Å². The maximum Gasteiger partial charge on any atom is 0.225 e. The Morgan fingerprint density at radius 1 is 1.30 bits per heavy atom. The summed E-state index contributed by atoms with van der Waals surface area (Å²) in [6.07, 6.45) is 4.52. The van der Waals surface area contributed by atoms with Crippen LogP contribution in [0.2, 0.25) is 0 Å². The van der Waals surface area contributed by atoms with Crippen molar-refractivity contribution in [1.82, 2.24) is 15.3 Å². The van der Waals surface area contributed by atoms with E-state index in [1.165, 1.54) is 0 Å². The van der Waals surface area contributed by atoms with Gasteiger partial charge in [-0.1, -0.05) is 0 Å². The van der Waals surface area contributed by atoms with Gasteiger partial charge in [0.05, 0.1) is 0 Å². The maximum atomic E-state index is 12.0. The fraction of sp³-hybridized carbons (Fsp3) is 0.353. The number of halogens is 1. The third-order valence-electron chi connectivity index (χ3n) is 3.82. The maximum absolute atomic E-state index is 12.0. The van der Waals surface area contributed by atoms with Crippen LogP contribution in [0.15, 0.2) is 36.5 Å². The molecule has 0 radical (unpaired) electrons. The van der Waals surface area contributed by atoms with Gasteiger partial charge in [-0.2, -0.15) is 0 Å². The molecule has 3 rings (SSSR count). The molecule has 1 aromatic heterocycles. The Bertz CT molecular complexity index is 654. The molecule has 2 N–H and O–H groups in total. The van der Waals surface area contributed by atoms with Crippen LogP contribution in [0.5, 0.6) is 0 Å². The average molecular weight is 333 g/mol. The van der Waals surface area contributed by atoms with Crippen molar-refractivity contribution in [3.63, 3.8) is 0 Å². The summed E-state index contributed by atoms with van der Waals surface area (Å²) in [5, 5.41) is 6.27. The van der Waals surface area contributed by atoms with Crippen molar-refractivity contribution in [2.45, 2.75) is 32.2 Å². The summed E-state index contributed by atoms with van der Waals surface area (Å²) in [4.78, 5) is 20.7. The number of rotatable bonds is 4. The Balaban J connectivity index is 0.00000192.